The van der Waals surface area contributed by atoms with E-state index in [9.17, 15) is 4.79 Å². The van der Waals surface area contributed by atoms with E-state index >= 15 is 0 Å². The predicted molar refractivity (Wildman–Crippen MR) is 46.2 cm³/mol. The Kier molecular flexibility index (Phi) is 3.10. The molecule has 1 atom stereocenters. The summed E-state index contributed by atoms with van der Waals surface area (Å²) in [6, 6.07) is 8.66. The van der Waals surface area contributed by atoms with Gasteiger partial charge in [0, 0.05) is 5.69 Å². The van der Waals surface area contributed by atoms with Gasteiger partial charge in [-0.25, -0.2) is 5.53 Å². The van der Waals surface area contributed by atoms with E-state index in [4.69, 9.17) is 10.6 Å². The van der Waals surface area contributed by atoms with E-state index in [0.29, 0.717) is 5.69 Å². The molecule has 1 rings (SSSR count). The summed E-state index contributed by atoms with van der Waals surface area (Å²) in [7, 11) is 0. The zero-order valence-corrected chi connectivity index (χ0v) is 6.77. The molecular formula is C8H9N3O2. The van der Waals surface area contributed by atoms with Crippen LogP contribution in [0.25, 0.3) is 0 Å². The smallest absolute Gasteiger partial charge is 0.278 e. The Morgan fingerprint density at radius 1 is 1.46 bits per heavy atom. The van der Waals surface area contributed by atoms with Gasteiger partial charge in [-0.2, -0.15) is 5.11 Å². The number of aliphatic hydroxyl groups excluding tert-OH is 1. The van der Waals surface area contributed by atoms with Crippen molar-refractivity contribution in [3.8, 4) is 0 Å². The summed E-state index contributed by atoms with van der Waals surface area (Å²) in [5, 5.41) is 13.9. The fourth-order valence-corrected chi connectivity index (χ4v) is 0.787. The number of hydrogen-bond donors (Lipinski definition) is 3. The number of nitrogens with one attached hydrogen (secondary N) is 2. The number of hydrogen-bond acceptors (Lipinski definition) is 4. The van der Waals surface area contributed by atoms with Crippen molar-refractivity contribution in [1.82, 2.24) is 0 Å². The van der Waals surface area contributed by atoms with Crippen molar-refractivity contribution in [3.63, 3.8) is 0 Å². The van der Waals surface area contributed by atoms with Gasteiger partial charge in [0.25, 0.3) is 5.91 Å². The second-order valence-electron chi connectivity index (χ2n) is 2.36. The molecule has 0 aliphatic heterocycles. The lowest BCUT2D eigenvalue weighted by molar-refractivity contribution is -0.123. The average Bonchev–Trinajstić information content (AvgIpc) is 2.18. The Hall–Kier alpha value is -1.75. The third-order valence-electron chi connectivity index (χ3n) is 1.40. The Bertz CT molecular complexity index is 300. The number of carbonyl (C=O) groups is 1. The van der Waals surface area contributed by atoms with Crippen LogP contribution < -0.4 is 5.32 Å². The van der Waals surface area contributed by atoms with Crippen LogP contribution in [0.15, 0.2) is 35.4 Å². The zero-order valence-electron chi connectivity index (χ0n) is 6.77. The molecule has 0 radical (unpaired) electrons. The molecule has 3 N–H and O–H groups in total. The summed E-state index contributed by atoms with van der Waals surface area (Å²) in [6.45, 7) is 0. The van der Waals surface area contributed by atoms with Gasteiger partial charge in [0.2, 0.25) is 6.23 Å². The van der Waals surface area contributed by atoms with Crippen LogP contribution in [0.4, 0.5) is 5.69 Å². The highest BCUT2D eigenvalue weighted by molar-refractivity contribution is 5.93. The standard InChI is InChI=1S/C8H9N3O2/c9-11-8(13)7(12)10-6-4-2-1-3-5-6/h1-5,8-9,13H,(H,10,12). The van der Waals surface area contributed by atoms with Gasteiger partial charge >= 0.3 is 0 Å². The van der Waals surface area contributed by atoms with Crippen LogP contribution in [0.2, 0.25) is 0 Å². The molecule has 0 aliphatic carbocycles. The van der Waals surface area contributed by atoms with Gasteiger partial charge in [-0.3, -0.25) is 4.79 Å². The topological polar surface area (TPSA) is 85.5 Å². The third-order valence-corrected chi connectivity index (χ3v) is 1.40. The van der Waals surface area contributed by atoms with E-state index in [0.717, 1.165) is 0 Å². The third kappa shape index (κ3) is 2.64. The van der Waals surface area contributed by atoms with Crippen LogP contribution >= 0.6 is 0 Å². The minimum Gasteiger partial charge on any atom is -0.363 e. The van der Waals surface area contributed by atoms with Crippen LogP contribution in [0.3, 0.4) is 0 Å². The molecule has 1 unspecified atom stereocenters. The molecule has 0 saturated carbocycles. The maximum atomic E-state index is 11.0. The van der Waals surface area contributed by atoms with Crippen molar-refractivity contribution in [2.75, 3.05) is 5.32 Å². The summed E-state index contributed by atoms with van der Waals surface area (Å²) < 4.78 is 0. The molecule has 5 nitrogen and oxygen atoms in total. The van der Waals surface area contributed by atoms with Crippen molar-refractivity contribution in [2.45, 2.75) is 6.23 Å². The Labute approximate surface area is 74.9 Å². The van der Waals surface area contributed by atoms with Crippen LogP contribution in [0.5, 0.6) is 0 Å². The van der Waals surface area contributed by atoms with Gasteiger partial charge in [0.05, 0.1) is 0 Å². The van der Waals surface area contributed by atoms with Crippen LogP contribution in [0.1, 0.15) is 0 Å². The van der Waals surface area contributed by atoms with Gasteiger partial charge in [-0.1, -0.05) is 18.2 Å². The minimum absolute atomic E-state index is 0.565. The number of anilines is 1. The van der Waals surface area contributed by atoms with E-state index in [1.54, 1.807) is 30.3 Å². The summed E-state index contributed by atoms with van der Waals surface area (Å²) in [4.78, 5) is 11.0. The lowest BCUT2D eigenvalue weighted by atomic mass is 10.3. The predicted octanol–water partition coefficient (Wildman–Crippen LogP) is 0.974. The number of rotatable bonds is 3. The number of para-hydroxylation sites is 1. The number of amides is 1. The SMILES string of the molecule is N=NC(O)C(=O)Nc1ccccc1. The Morgan fingerprint density at radius 3 is 2.62 bits per heavy atom. The monoisotopic (exact) mass is 179 g/mol. The molecule has 0 saturated heterocycles. The van der Waals surface area contributed by atoms with Gasteiger partial charge in [0.1, 0.15) is 0 Å². The summed E-state index contributed by atoms with van der Waals surface area (Å²) in [6.07, 6.45) is -1.62. The number of benzene rings is 1. The van der Waals surface area contributed by atoms with E-state index < -0.39 is 12.1 Å². The first-order chi connectivity index (χ1) is 6.24. The van der Waals surface area contributed by atoms with E-state index in [1.807, 2.05) is 0 Å². The number of carbonyl (C=O) groups excluding carboxylic acids is 1. The maximum absolute atomic E-state index is 11.0. The van der Waals surface area contributed by atoms with Crippen molar-refractivity contribution in [1.29, 1.82) is 5.53 Å². The molecule has 13 heavy (non-hydrogen) atoms. The molecular weight excluding hydrogens is 170 g/mol. The molecule has 1 amide bonds. The van der Waals surface area contributed by atoms with E-state index in [2.05, 4.69) is 10.4 Å². The van der Waals surface area contributed by atoms with Crippen molar-refractivity contribution in [2.24, 2.45) is 5.11 Å². The molecule has 0 spiro atoms. The largest absolute Gasteiger partial charge is 0.363 e. The quantitative estimate of drug-likeness (QED) is 0.604. The lowest BCUT2D eigenvalue weighted by Gasteiger charge is -2.05. The van der Waals surface area contributed by atoms with Gasteiger partial charge < -0.3 is 10.4 Å². The molecule has 0 bridgehead atoms. The highest BCUT2D eigenvalue weighted by atomic mass is 16.3. The van der Waals surface area contributed by atoms with Crippen molar-refractivity contribution in [3.05, 3.63) is 30.3 Å². The van der Waals surface area contributed by atoms with Gasteiger partial charge in [-0.05, 0) is 12.1 Å². The first-order valence-electron chi connectivity index (χ1n) is 3.64. The fourth-order valence-electron chi connectivity index (χ4n) is 0.787. The molecule has 68 valence electrons. The number of nitrogens with zero attached hydrogens (tertiary/aromatic N) is 1. The second kappa shape index (κ2) is 4.32. The average molecular weight is 179 g/mol. The van der Waals surface area contributed by atoms with E-state index in [-0.39, 0.29) is 0 Å². The van der Waals surface area contributed by atoms with Crippen molar-refractivity contribution < 1.29 is 9.90 Å². The normalized spacial score (nSPS) is 11.8. The first-order valence-corrected chi connectivity index (χ1v) is 3.64. The summed E-state index contributed by atoms with van der Waals surface area (Å²) in [5.41, 5.74) is 6.98. The molecule has 1 aromatic rings. The Morgan fingerprint density at radius 2 is 2.08 bits per heavy atom. The van der Waals surface area contributed by atoms with E-state index in [1.165, 1.54) is 0 Å². The Balaban J connectivity index is 2.60. The highest BCUT2D eigenvalue weighted by Crippen LogP contribution is 2.05. The summed E-state index contributed by atoms with van der Waals surface area (Å²) >= 11 is 0. The number of aliphatic hydroxyl groups is 1. The van der Waals surface area contributed by atoms with Crippen LogP contribution in [-0.2, 0) is 4.79 Å². The zero-order chi connectivity index (χ0) is 9.68. The second-order valence-corrected chi connectivity index (χ2v) is 2.36. The van der Waals surface area contributed by atoms with Crippen LogP contribution in [-0.4, -0.2) is 17.2 Å². The van der Waals surface area contributed by atoms with Crippen molar-refractivity contribution >= 4 is 11.6 Å². The molecule has 0 fully saturated rings. The molecule has 5 heteroatoms. The van der Waals surface area contributed by atoms with Gasteiger partial charge in [0.15, 0.2) is 0 Å². The fraction of sp³-hybridized carbons (Fsp3) is 0.125. The first kappa shape index (κ1) is 9.34. The molecule has 0 heterocycles. The summed E-state index contributed by atoms with van der Waals surface area (Å²) in [5.74, 6) is -0.707. The molecule has 0 aliphatic rings. The molecule has 1 aromatic carbocycles. The maximum Gasteiger partial charge on any atom is 0.278 e. The minimum atomic E-state index is -1.62. The highest BCUT2D eigenvalue weighted by Gasteiger charge is 2.12. The lowest BCUT2D eigenvalue weighted by Crippen LogP contribution is -2.25. The van der Waals surface area contributed by atoms with Crippen LogP contribution in [0, 0.1) is 5.53 Å². The molecule has 0 aromatic heterocycles. The van der Waals surface area contributed by atoms with Gasteiger partial charge in [-0.15, -0.1) is 0 Å².